The van der Waals surface area contributed by atoms with E-state index >= 15 is 0 Å². The number of hydrogen-bond donors (Lipinski definition) is 3. The normalized spacial score (nSPS) is 20.2. The number of carbonyl (C=O) groups excluding carboxylic acids is 1. The topological polar surface area (TPSA) is 83.5 Å². The maximum Gasteiger partial charge on any atom is 0.218 e. The minimum absolute atomic E-state index is 0.0480. The van der Waals surface area contributed by atoms with Crippen LogP contribution in [0.5, 0.6) is 5.88 Å². The third-order valence-corrected chi connectivity index (χ3v) is 7.16. The number of hydrogen-bond acceptors (Lipinski definition) is 5. The zero-order valence-corrected chi connectivity index (χ0v) is 21.1. The average Bonchev–Trinajstić information content (AvgIpc) is 2.76. The molecule has 1 fully saturated rings. The quantitative estimate of drug-likeness (QED) is 0.491. The smallest absolute Gasteiger partial charge is 0.218 e. The van der Waals surface area contributed by atoms with Crippen molar-refractivity contribution < 1.29 is 14.6 Å². The minimum Gasteiger partial charge on any atom is -0.471 e. The van der Waals surface area contributed by atoms with Crippen LogP contribution in [0.4, 0.5) is 0 Å². The highest BCUT2D eigenvalue weighted by Crippen LogP contribution is 2.48. The van der Waals surface area contributed by atoms with Crippen molar-refractivity contribution in [1.82, 2.24) is 15.6 Å². The first-order chi connectivity index (χ1) is 16.2. The molecular formula is C27H36ClN3O3. The Labute approximate surface area is 207 Å². The number of ether oxygens (including phenoxy) is 1. The van der Waals surface area contributed by atoms with E-state index in [1.165, 1.54) is 18.9 Å². The molecule has 7 heteroatoms. The largest absolute Gasteiger partial charge is 0.471 e. The van der Waals surface area contributed by atoms with E-state index < -0.39 is 12.1 Å². The Kier molecular flexibility index (Phi) is 7.80. The summed E-state index contributed by atoms with van der Waals surface area (Å²) in [6.45, 7) is 6.24. The van der Waals surface area contributed by atoms with Crippen LogP contribution in [-0.2, 0) is 17.6 Å². The van der Waals surface area contributed by atoms with Crippen LogP contribution in [-0.4, -0.2) is 40.3 Å². The average molecular weight is 486 g/mol. The van der Waals surface area contributed by atoms with Gasteiger partial charge in [-0.05, 0) is 67.3 Å². The highest BCUT2D eigenvalue weighted by Gasteiger charge is 2.46. The fraction of sp³-hybridized carbons (Fsp3) is 0.556. The molecule has 1 aliphatic carbocycles. The number of aliphatic hydroxyl groups is 1. The Morgan fingerprint density at radius 2 is 1.97 bits per heavy atom. The Hall–Kier alpha value is -2.15. The molecule has 4 rings (SSSR count). The molecule has 1 aliphatic heterocycles. The number of rotatable bonds is 9. The van der Waals surface area contributed by atoms with Crippen LogP contribution in [0.15, 0.2) is 36.5 Å². The molecule has 2 aromatic rings. The zero-order chi connectivity index (χ0) is 24.3. The summed E-state index contributed by atoms with van der Waals surface area (Å²) in [5.74, 6) is 1.09. The number of benzene rings is 1. The Morgan fingerprint density at radius 3 is 2.59 bits per heavy atom. The molecule has 3 atom stereocenters. The van der Waals surface area contributed by atoms with Crippen molar-refractivity contribution in [2.75, 3.05) is 6.54 Å². The van der Waals surface area contributed by atoms with Gasteiger partial charge in [0.05, 0.1) is 12.1 Å². The van der Waals surface area contributed by atoms with Gasteiger partial charge in [-0.3, -0.25) is 4.79 Å². The summed E-state index contributed by atoms with van der Waals surface area (Å²) in [6, 6.07) is 9.34. The number of aliphatic hydroxyl groups excluding tert-OH is 1. The van der Waals surface area contributed by atoms with E-state index in [9.17, 15) is 9.90 Å². The summed E-state index contributed by atoms with van der Waals surface area (Å²) >= 11 is 6.01. The summed E-state index contributed by atoms with van der Waals surface area (Å²) in [5.41, 5.74) is 3.13. The van der Waals surface area contributed by atoms with Gasteiger partial charge in [0.25, 0.3) is 0 Å². The fourth-order valence-electron chi connectivity index (χ4n) is 5.04. The lowest BCUT2D eigenvalue weighted by Crippen LogP contribution is -2.52. The van der Waals surface area contributed by atoms with Gasteiger partial charge in [0.15, 0.2) is 0 Å². The van der Waals surface area contributed by atoms with Gasteiger partial charge in [-0.15, -0.1) is 0 Å². The Balaban J connectivity index is 1.48. The van der Waals surface area contributed by atoms with E-state index in [4.69, 9.17) is 16.3 Å². The molecule has 1 saturated carbocycles. The maximum atomic E-state index is 11.8. The molecule has 2 aliphatic rings. The van der Waals surface area contributed by atoms with Crippen molar-refractivity contribution in [2.24, 2.45) is 5.92 Å². The summed E-state index contributed by atoms with van der Waals surface area (Å²) in [6.07, 6.45) is 6.77. The van der Waals surface area contributed by atoms with Crippen LogP contribution in [0.2, 0.25) is 5.02 Å². The van der Waals surface area contributed by atoms with Crippen LogP contribution in [0.1, 0.15) is 69.2 Å². The van der Waals surface area contributed by atoms with Crippen molar-refractivity contribution in [3.63, 3.8) is 0 Å². The number of amides is 1. The van der Waals surface area contributed by atoms with Crippen molar-refractivity contribution in [2.45, 2.75) is 83.1 Å². The second-order valence-electron chi connectivity index (χ2n) is 10.3. The minimum atomic E-state index is -0.755. The van der Waals surface area contributed by atoms with E-state index in [2.05, 4.69) is 35.5 Å². The third kappa shape index (κ3) is 6.09. The van der Waals surface area contributed by atoms with Crippen molar-refractivity contribution in [3.05, 3.63) is 58.2 Å². The molecule has 0 radical (unpaired) electrons. The van der Waals surface area contributed by atoms with E-state index in [-0.39, 0.29) is 17.6 Å². The summed E-state index contributed by atoms with van der Waals surface area (Å²) in [7, 11) is 0. The second kappa shape index (κ2) is 10.6. The monoisotopic (exact) mass is 485 g/mol. The predicted octanol–water partition coefficient (Wildman–Crippen LogP) is 4.38. The lowest BCUT2D eigenvalue weighted by Gasteiger charge is -2.47. The van der Waals surface area contributed by atoms with E-state index in [1.807, 2.05) is 30.5 Å². The highest BCUT2D eigenvalue weighted by molar-refractivity contribution is 6.30. The SMILES string of the molecule is CC(=O)N[C@@H](Cc1ccc(Cl)cc1)[C@@H](O)CN[C@H]1CC2(CCC2)Oc2ncc(CC(C)C)cc21. The summed E-state index contributed by atoms with van der Waals surface area (Å²) in [5, 5.41) is 18.2. The van der Waals surface area contributed by atoms with Crippen LogP contribution in [0.25, 0.3) is 0 Å². The molecule has 0 bridgehead atoms. The third-order valence-electron chi connectivity index (χ3n) is 6.90. The molecule has 3 N–H and O–H groups in total. The zero-order valence-electron chi connectivity index (χ0n) is 20.3. The number of nitrogens with zero attached hydrogens (tertiary/aromatic N) is 1. The molecule has 0 unspecified atom stereocenters. The Bertz CT molecular complexity index is 991. The van der Waals surface area contributed by atoms with Crippen LogP contribution < -0.4 is 15.4 Å². The lowest BCUT2D eigenvalue weighted by atomic mass is 9.73. The van der Waals surface area contributed by atoms with E-state index in [0.717, 1.165) is 36.8 Å². The summed E-state index contributed by atoms with van der Waals surface area (Å²) in [4.78, 5) is 16.5. The molecule has 2 heterocycles. The van der Waals surface area contributed by atoms with Crippen LogP contribution in [0.3, 0.4) is 0 Å². The number of pyridine rings is 1. The van der Waals surface area contributed by atoms with Gasteiger partial charge in [-0.25, -0.2) is 4.98 Å². The van der Waals surface area contributed by atoms with E-state index in [1.54, 1.807) is 0 Å². The number of carbonyl (C=O) groups is 1. The van der Waals surface area contributed by atoms with Crippen molar-refractivity contribution in [1.29, 1.82) is 0 Å². The van der Waals surface area contributed by atoms with Gasteiger partial charge in [0.1, 0.15) is 5.60 Å². The molecule has 0 saturated heterocycles. The van der Waals surface area contributed by atoms with Gasteiger partial charge < -0.3 is 20.5 Å². The first kappa shape index (κ1) is 25.0. The number of aromatic nitrogens is 1. The molecule has 34 heavy (non-hydrogen) atoms. The van der Waals surface area contributed by atoms with Gasteiger partial charge in [0.2, 0.25) is 11.8 Å². The number of fused-ring (bicyclic) bond motifs is 1. The first-order valence-electron chi connectivity index (χ1n) is 12.3. The highest BCUT2D eigenvalue weighted by atomic mass is 35.5. The van der Waals surface area contributed by atoms with Gasteiger partial charge >= 0.3 is 0 Å². The predicted molar refractivity (Wildman–Crippen MR) is 134 cm³/mol. The molecular weight excluding hydrogens is 450 g/mol. The lowest BCUT2D eigenvalue weighted by molar-refractivity contribution is -0.120. The molecule has 1 spiro atoms. The van der Waals surface area contributed by atoms with E-state index in [0.29, 0.717) is 29.8 Å². The standard InChI is InChI=1S/C27H36ClN3O3/c1-17(2)11-20-12-22-24(14-27(9-4-10-27)34-26(22)30-15-20)29-16-25(33)23(31-18(3)32)13-19-5-7-21(28)8-6-19/h5-8,12,15,17,23-25,29,33H,4,9-11,13-14,16H2,1-3H3,(H,31,32)/t23-,24-,25-/m0/s1. The van der Waals surface area contributed by atoms with Gasteiger partial charge in [-0.1, -0.05) is 37.6 Å². The molecule has 1 amide bonds. The molecule has 184 valence electrons. The Morgan fingerprint density at radius 1 is 1.24 bits per heavy atom. The second-order valence-corrected chi connectivity index (χ2v) is 10.8. The molecule has 1 aromatic heterocycles. The number of nitrogens with one attached hydrogen (secondary N) is 2. The van der Waals surface area contributed by atoms with Gasteiger partial charge in [-0.2, -0.15) is 0 Å². The first-order valence-corrected chi connectivity index (χ1v) is 12.7. The number of halogens is 1. The fourth-order valence-corrected chi connectivity index (χ4v) is 5.17. The van der Waals surface area contributed by atoms with Crippen molar-refractivity contribution >= 4 is 17.5 Å². The maximum absolute atomic E-state index is 11.8. The van der Waals surface area contributed by atoms with Gasteiger partial charge in [0, 0.05) is 42.7 Å². The summed E-state index contributed by atoms with van der Waals surface area (Å²) < 4.78 is 6.36. The molecule has 1 aromatic carbocycles. The van der Waals surface area contributed by atoms with Crippen LogP contribution >= 0.6 is 11.6 Å². The molecule has 6 nitrogen and oxygen atoms in total. The van der Waals surface area contributed by atoms with Crippen molar-refractivity contribution in [3.8, 4) is 5.88 Å². The van der Waals surface area contributed by atoms with Crippen LogP contribution in [0, 0.1) is 5.92 Å².